The number of nitrogens with zero attached hydrogens (tertiary/aromatic N) is 2. The van der Waals surface area contributed by atoms with E-state index in [2.05, 4.69) is 4.90 Å². The zero-order chi connectivity index (χ0) is 16.3. The molecule has 1 aromatic carbocycles. The van der Waals surface area contributed by atoms with Crippen molar-refractivity contribution in [2.24, 2.45) is 0 Å². The van der Waals surface area contributed by atoms with Gasteiger partial charge in [-0.15, -0.1) is 0 Å². The number of carbonyl (C=O) groups excluding carboxylic acids is 1. The second-order valence-corrected chi connectivity index (χ2v) is 5.57. The summed E-state index contributed by atoms with van der Waals surface area (Å²) in [7, 11) is 0. The van der Waals surface area contributed by atoms with E-state index in [1.807, 2.05) is 13.0 Å². The number of rotatable bonds is 3. The van der Waals surface area contributed by atoms with Gasteiger partial charge in [-0.25, -0.2) is 0 Å². The van der Waals surface area contributed by atoms with E-state index in [1.54, 1.807) is 12.1 Å². The van der Waals surface area contributed by atoms with E-state index in [-0.39, 0.29) is 6.54 Å². The summed E-state index contributed by atoms with van der Waals surface area (Å²) in [5.41, 5.74) is 2.23. The van der Waals surface area contributed by atoms with Crippen molar-refractivity contribution >= 4 is 17.3 Å². The zero-order valence-corrected chi connectivity index (χ0v) is 12.9. The summed E-state index contributed by atoms with van der Waals surface area (Å²) in [5, 5.41) is 0. The molecule has 1 aliphatic heterocycles. The van der Waals surface area contributed by atoms with Gasteiger partial charge < -0.3 is 9.80 Å². The second-order valence-electron chi connectivity index (χ2n) is 5.57. The lowest BCUT2D eigenvalue weighted by molar-refractivity contribution is -0.170. The topological polar surface area (TPSA) is 23.6 Å². The fourth-order valence-electron chi connectivity index (χ4n) is 2.89. The lowest BCUT2D eigenvalue weighted by Crippen LogP contribution is -2.41. The molecule has 0 aromatic heterocycles. The van der Waals surface area contributed by atoms with E-state index >= 15 is 0 Å². The fraction of sp³-hybridized carbons (Fsp3) is 0.562. The second kappa shape index (κ2) is 6.58. The Hall–Kier alpha value is -1.72. The van der Waals surface area contributed by atoms with Gasteiger partial charge in [0.15, 0.2) is 0 Å². The number of anilines is 2. The van der Waals surface area contributed by atoms with E-state index in [0.29, 0.717) is 5.69 Å². The number of alkyl halides is 3. The number of benzene rings is 1. The number of amides is 1. The highest BCUT2D eigenvalue weighted by Gasteiger charge is 2.42. The first kappa shape index (κ1) is 16.6. The van der Waals surface area contributed by atoms with Crippen molar-refractivity contribution in [2.45, 2.75) is 39.3 Å². The predicted octanol–water partition coefficient (Wildman–Crippen LogP) is 3.90. The molecule has 2 rings (SSSR count). The molecule has 22 heavy (non-hydrogen) atoms. The maximum absolute atomic E-state index is 12.6. The Morgan fingerprint density at radius 1 is 1.23 bits per heavy atom. The van der Waals surface area contributed by atoms with E-state index in [4.69, 9.17) is 0 Å². The highest BCUT2D eigenvalue weighted by molar-refractivity contribution is 5.97. The Morgan fingerprint density at radius 2 is 1.86 bits per heavy atom. The van der Waals surface area contributed by atoms with Crippen molar-refractivity contribution in [3.05, 3.63) is 23.8 Å². The van der Waals surface area contributed by atoms with Crippen molar-refractivity contribution in [2.75, 3.05) is 29.4 Å². The molecule has 0 atom stereocenters. The molecule has 1 heterocycles. The average molecular weight is 314 g/mol. The molecule has 0 N–H and O–H groups in total. The van der Waals surface area contributed by atoms with Crippen LogP contribution >= 0.6 is 0 Å². The first-order valence-electron chi connectivity index (χ1n) is 7.59. The standard InChI is InChI=1S/C16H21F3N2O/c1-3-21(15(22)16(17,18)19)13-7-8-14(12(2)11-13)20-9-5-4-6-10-20/h7-8,11H,3-6,9-10H2,1-2H3. The Bertz CT molecular complexity index is 537. The van der Waals surface area contributed by atoms with Gasteiger partial charge in [0.25, 0.3) is 0 Å². The smallest absolute Gasteiger partial charge is 0.371 e. The first-order chi connectivity index (χ1) is 10.3. The van der Waals surface area contributed by atoms with Crippen LogP contribution in [0, 0.1) is 6.92 Å². The summed E-state index contributed by atoms with van der Waals surface area (Å²) >= 11 is 0. The van der Waals surface area contributed by atoms with Gasteiger partial charge in [-0.2, -0.15) is 13.2 Å². The molecule has 1 saturated heterocycles. The Morgan fingerprint density at radius 3 is 2.36 bits per heavy atom. The van der Waals surface area contributed by atoms with Gasteiger partial charge in [0, 0.05) is 31.0 Å². The molecule has 0 unspecified atom stereocenters. The molecule has 1 fully saturated rings. The average Bonchev–Trinajstić information content (AvgIpc) is 2.48. The van der Waals surface area contributed by atoms with Crippen molar-refractivity contribution in [3.63, 3.8) is 0 Å². The van der Waals surface area contributed by atoms with Crippen molar-refractivity contribution in [3.8, 4) is 0 Å². The molecule has 6 heteroatoms. The highest BCUT2D eigenvalue weighted by Crippen LogP contribution is 2.30. The van der Waals surface area contributed by atoms with Gasteiger partial charge in [-0.3, -0.25) is 4.79 Å². The zero-order valence-electron chi connectivity index (χ0n) is 12.9. The largest absolute Gasteiger partial charge is 0.471 e. The summed E-state index contributed by atoms with van der Waals surface area (Å²) in [6.45, 7) is 5.34. The predicted molar refractivity (Wildman–Crippen MR) is 81.3 cm³/mol. The van der Waals surface area contributed by atoms with Crippen LogP contribution in [-0.2, 0) is 4.79 Å². The molecule has 0 aliphatic carbocycles. The van der Waals surface area contributed by atoms with Gasteiger partial charge in [-0.1, -0.05) is 0 Å². The molecular weight excluding hydrogens is 293 g/mol. The monoisotopic (exact) mass is 314 g/mol. The number of hydrogen-bond donors (Lipinski definition) is 0. The summed E-state index contributed by atoms with van der Waals surface area (Å²) in [4.78, 5) is 14.5. The molecule has 0 spiro atoms. The SMILES string of the molecule is CCN(C(=O)C(F)(F)F)c1ccc(N2CCCCC2)c(C)c1. The van der Waals surface area contributed by atoms with Crippen molar-refractivity contribution < 1.29 is 18.0 Å². The van der Waals surface area contributed by atoms with Crippen LogP contribution in [0.4, 0.5) is 24.5 Å². The highest BCUT2D eigenvalue weighted by atomic mass is 19.4. The third kappa shape index (κ3) is 3.54. The Labute approximate surface area is 128 Å². The van der Waals surface area contributed by atoms with Gasteiger partial charge >= 0.3 is 12.1 Å². The Kier molecular flexibility index (Phi) is 4.98. The quantitative estimate of drug-likeness (QED) is 0.845. The molecule has 122 valence electrons. The first-order valence-corrected chi connectivity index (χ1v) is 7.59. The molecule has 1 amide bonds. The lowest BCUT2D eigenvalue weighted by Gasteiger charge is -2.31. The molecule has 0 saturated carbocycles. The van der Waals surface area contributed by atoms with Gasteiger partial charge in [0.1, 0.15) is 0 Å². The van der Waals surface area contributed by atoms with Crippen LogP contribution in [0.5, 0.6) is 0 Å². The van der Waals surface area contributed by atoms with Crippen molar-refractivity contribution in [1.29, 1.82) is 0 Å². The van der Waals surface area contributed by atoms with Gasteiger partial charge in [0.2, 0.25) is 0 Å². The Balaban J connectivity index is 2.25. The van der Waals surface area contributed by atoms with Gasteiger partial charge in [-0.05, 0) is 56.9 Å². The fourth-order valence-corrected chi connectivity index (χ4v) is 2.89. The van der Waals surface area contributed by atoms with Crippen LogP contribution in [0.1, 0.15) is 31.7 Å². The third-order valence-corrected chi connectivity index (χ3v) is 3.99. The number of aryl methyl sites for hydroxylation is 1. The minimum atomic E-state index is -4.85. The number of piperidine rings is 1. The normalized spacial score (nSPS) is 15.8. The van der Waals surface area contributed by atoms with E-state index in [1.165, 1.54) is 13.3 Å². The third-order valence-electron chi connectivity index (χ3n) is 3.99. The van der Waals surface area contributed by atoms with Crippen LogP contribution in [-0.4, -0.2) is 31.7 Å². The molecule has 0 radical (unpaired) electrons. The number of carbonyl (C=O) groups is 1. The molecule has 1 aliphatic rings. The lowest BCUT2D eigenvalue weighted by atomic mass is 10.1. The summed E-state index contributed by atoms with van der Waals surface area (Å²) < 4.78 is 37.9. The van der Waals surface area contributed by atoms with E-state index in [9.17, 15) is 18.0 Å². The number of hydrogen-bond acceptors (Lipinski definition) is 2. The van der Waals surface area contributed by atoms with Crippen LogP contribution in [0.25, 0.3) is 0 Å². The van der Waals surface area contributed by atoms with Gasteiger partial charge in [0.05, 0.1) is 0 Å². The molecular formula is C16H21F3N2O. The number of halogens is 3. The minimum absolute atomic E-state index is 0.0131. The van der Waals surface area contributed by atoms with Crippen LogP contribution < -0.4 is 9.80 Å². The molecule has 0 bridgehead atoms. The van der Waals surface area contributed by atoms with E-state index < -0.39 is 12.1 Å². The van der Waals surface area contributed by atoms with Crippen LogP contribution in [0.15, 0.2) is 18.2 Å². The summed E-state index contributed by atoms with van der Waals surface area (Å²) in [5.74, 6) is -1.82. The van der Waals surface area contributed by atoms with Crippen LogP contribution in [0.2, 0.25) is 0 Å². The van der Waals surface area contributed by atoms with Crippen LogP contribution in [0.3, 0.4) is 0 Å². The van der Waals surface area contributed by atoms with Crippen molar-refractivity contribution in [1.82, 2.24) is 0 Å². The van der Waals surface area contributed by atoms with E-state index in [0.717, 1.165) is 42.1 Å². The molecule has 3 nitrogen and oxygen atoms in total. The summed E-state index contributed by atoms with van der Waals surface area (Å²) in [6.07, 6.45) is -1.36. The maximum atomic E-state index is 12.6. The summed E-state index contributed by atoms with van der Waals surface area (Å²) in [6, 6.07) is 5.09. The molecule has 1 aromatic rings. The maximum Gasteiger partial charge on any atom is 0.471 e. The minimum Gasteiger partial charge on any atom is -0.371 e.